The number of likely N-dealkylation sites (tertiary alicyclic amines) is 1. The molecule has 0 aromatic rings. The number of halogens is 1. The molecule has 7 heteroatoms. The third kappa shape index (κ3) is 3.90. The summed E-state index contributed by atoms with van der Waals surface area (Å²) in [6.07, 6.45) is 4.21. The fourth-order valence-electron chi connectivity index (χ4n) is 2.20. The van der Waals surface area contributed by atoms with Crippen LogP contribution in [-0.4, -0.2) is 53.7 Å². The maximum absolute atomic E-state index is 12.5. The van der Waals surface area contributed by atoms with Crippen LogP contribution < -0.4 is 0 Å². The average molecular weight is 324 g/mol. The minimum atomic E-state index is -2.60. The van der Waals surface area contributed by atoms with Crippen LogP contribution in [0.2, 0.25) is 0 Å². The Morgan fingerprint density at radius 2 is 2.20 bits per heavy atom. The van der Waals surface area contributed by atoms with Crippen LogP contribution in [0.1, 0.15) is 30.3 Å². The first-order valence-corrected chi connectivity index (χ1v) is 7.36. The average Bonchev–Trinajstić information content (AvgIpc) is 2.76. The molecule has 0 aromatic carbocycles. The molecule has 0 aromatic heterocycles. The second-order valence-corrected chi connectivity index (χ2v) is 5.58. The Labute approximate surface area is 134 Å². The number of rotatable bonds is 3. The van der Waals surface area contributed by atoms with Crippen LogP contribution in [0, 0.1) is 0 Å². The highest BCUT2D eigenvalue weighted by molar-refractivity contribution is 8.04. The van der Waals surface area contributed by atoms with Crippen LogP contribution in [0.3, 0.4) is 0 Å². The number of nitrogens with zero attached hydrogens (tertiary/aromatic N) is 2. The van der Waals surface area contributed by atoms with Gasteiger partial charge in [0, 0.05) is 11.1 Å². The van der Waals surface area contributed by atoms with Crippen molar-refractivity contribution in [2.24, 2.45) is 0 Å². The molecular formula is C13H21ClN2O3S. The zero-order valence-corrected chi connectivity index (χ0v) is 13.0. The molecule has 20 heavy (non-hydrogen) atoms. The van der Waals surface area contributed by atoms with Gasteiger partial charge in [0.05, 0.1) is 17.7 Å². The third-order valence-electron chi connectivity index (χ3n) is 3.13. The highest BCUT2D eigenvalue weighted by Crippen LogP contribution is 2.36. The van der Waals surface area contributed by atoms with Gasteiger partial charge in [0.25, 0.3) is 5.91 Å². The van der Waals surface area contributed by atoms with Gasteiger partial charge in [-0.25, -0.2) is 4.79 Å². The summed E-state index contributed by atoms with van der Waals surface area (Å²) in [6.45, 7) is 0.800. The molecule has 5 nitrogen and oxygen atoms in total. The number of carbonyl (C=O) groups is 2. The van der Waals surface area contributed by atoms with E-state index < -0.39 is 24.2 Å². The molecule has 1 unspecified atom stereocenters. The summed E-state index contributed by atoms with van der Waals surface area (Å²) in [5.41, 5.74) is 0. The lowest BCUT2D eigenvalue weighted by molar-refractivity contribution is -0.137. The van der Waals surface area contributed by atoms with Gasteiger partial charge in [0.1, 0.15) is 5.37 Å². The van der Waals surface area contributed by atoms with Crippen molar-refractivity contribution in [2.75, 3.05) is 26.7 Å². The minimum absolute atomic E-state index is 0. The zero-order valence-electron chi connectivity index (χ0n) is 14.3. The van der Waals surface area contributed by atoms with E-state index in [4.69, 9.17) is 8.85 Å². The van der Waals surface area contributed by atoms with Gasteiger partial charge in [-0.1, -0.05) is 18.2 Å². The lowest BCUT2D eigenvalue weighted by Gasteiger charge is -2.29. The van der Waals surface area contributed by atoms with Crippen LogP contribution in [-0.2, 0) is 14.3 Å². The molecule has 2 aliphatic heterocycles. The molecule has 2 fully saturated rings. The molecule has 0 bridgehead atoms. The van der Waals surface area contributed by atoms with Crippen molar-refractivity contribution < 1.29 is 18.4 Å². The summed E-state index contributed by atoms with van der Waals surface area (Å²) < 4.78 is 27.5. The van der Waals surface area contributed by atoms with E-state index in [9.17, 15) is 9.59 Å². The molecule has 0 N–H and O–H groups in total. The van der Waals surface area contributed by atoms with E-state index in [1.54, 1.807) is 6.92 Å². The van der Waals surface area contributed by atoms with Gasteiger partial charge in [-0.2, -0.15) is 0 Å². The first-order valence-electron chi connectivity index (χ1n) is 7.98. The summed E-state index contributed by atoms with van der Waals surface area (Å²) in [5.74, 6) is -1.12. The molecule has 2 saturated heterocycles. The Morgan fingerprint density at radius 1 is 1.50 bits per heavy atom. The predicted molar refractivity (Wildman–Crippen MR) is 81.5 cm³/mol. The molecule has 1 atom stereocenters. The molecule has 2 rings (SSSR count). The Bertz CT molecular complexity index is 482. The molecule has 114 valence electrons. The van der Waals surface area contributed by atoms with Crippen molar-refractivity contribution in [2.45, 2.75) is 31.6 Å². The van der Waals surface area contributed by atoms with Crippen molar-refractivity contribution in [3.05, 3.63) is 11.1 Å². The molecule has 2 aliphatic rings. The monoisotopic (exact) mass is 323 g/mol. The number of hydrogen-bond donors (Lipinski definition) is 0. The van der Waals surface area contributed by atoms with E-state index >= 15 is 0 Å². The van der Waals surface area contributed by atoms with E-state index in [0.717, 1.165) is 55.1 Å². The summed E-state index contributed by atoms with van der Waals surface area (Å²) in [4.78, 5) is 26.9. The molecule has 2 heterocycles. The van der Waals surface area contributed by atoms with Crippen LogP contribution in [0.25, 0.3) is 0 Å². The van der Waals surface area contributed by atoms with E-state index in [1.807, 2.05) is 4.90 Å². The van der Waals surface area contributed by atoms with Gasteiger partial charge >= 0.3 is 5.97 Å². The fraction of sp³-hybridized carbons (Fsp3) is 0.692. The number of piperidine rings is 1. The van der Waals surface area contributed by atoms with Crippen LogP contribution in [0.4, 0.5) is 0 Å². The Hall–Kier alpha value is -0.720. The molecule has 0 spiro atoms. The van der Waals surface area contributed by atoms with Crippen molar-refractivity contribution in [3.63, 3.8) is 0 Å². The fourth-order valence-corrected chi connectivity index (χ4v) is 3.36. The second kappa shape index (κ2) is 7.90. The highest BCUT2D eigenvalue weighted by atomic mass is 35.5. The topological polar surface area (TPSA) is 49.9 Å². The first-order chi connectivity index (χ1) is 10.3. The second-order valence-electron chi connectivity index (χ2n) is 4.48. The number of amides is 1. The smallest absolute Gasteiger partial charge is 0.333 e. The number of ether oxygens (including phenoxy) is 1. The number of likely N-dealkylation sites (N-methyl/N-ethyl adjacent to an activating group) is 1. The Kier molecular flexibility index (Phi) is 5.13. The van der Waals surface area contributed by atoms with Crippen LogP contribution in [0.15, 0.2) is 11.1 Å². The van der Waals surface area contributed by atoms with Gasteiger partial charge in [-0.05, 0) is 32.9 Å². The SMILES string of the molecule is Cl.[2H]C([2H])([2H])N1C(=O)C(N2CCCCC2)S/C1=C\C(=O)OCC. The zero-order chi connectivity index (χ0) is 16.3. The van der Waals surface area contributed by atoms with E-state index in [2.05, 4.69) is 0 Å². The molecule has 0 radical (unpaired) electrons. The quantitative estimate of drug-likeness (QED) is 0.586. The summed E-state index contributed by atoms with van der Waals surface area (Å²) >= 11 is 1.12. The lowest BCUT2D eigenvalue weighted by Crippen LogP contribution is -2.42. The third-order valence-corrected chi connectivity index (χ3v) is 4.40. The lowest BCUT2D eigenvalue weighted by atomic mass is 10.1. The van der Waals surface area contributed by atoms with Gasteiger partial charge < -0.3 is 9.64 Å². The van der Waals surface area contributed by atoms with E-state index in [-0.39, 0.29) is 24.0 Å². The van der Waals surface area contributed by atoms with Crippen molar-refractivity contribution in [1.29, 1.82) is 0 Å². The van der Waals surface area contributed by atoms with E-state index in [1.165, 1.54) is 0 Å². The number of esters is 1. The molecule has 0 saturated carbocycles. The highest BCUT2D eigenvalue weighted by Gasteiger charge is 2.39. The Balaban J connectivity index is 0.00000264. The maximum Gasteiger partial charge on any atom is 0.333 e. The van der Waals surface area contributed by atoms with Gasteiger partial charge in [-0.15, -0.1) is 12.4 Å². The predicted octanol–water partition coefficient (Wildman–Crippen LogP) is 1.83. The van der Waals surface area contributed by atoms with Crippen LogP contribution >= 0.6 is 24.2 Å². The van der Waals surface area contributed by atoms with Gasteiger partial charge in [0.15, 0.2) is 0 Å². The van der Waals surface area contributed by atoms with Crippen LogP contribution in [0.5, 0.6) is 0 Å². The number of hydrogen-bond acceptors (Lipinski definition) is 5. The summed E-state index contributed by atoms with van der Waals surface area (Å²) in [7, 11) is 0. The molecule has 0 aliphatic carbocycles. The standard InChI is InChI=1S/C13H20N2O3S.ClH/c1-3-18-11(16)9-10-14(2)12(17)13(19-10)15-7-5-4-6-8-15;/h9,13H,3-8H2,1-2H3;1H/b10-9-;/i2D3;. The minimum Gasteiger partial charge on any atom is -0.463 e. The summed E-state index contributed by atoms with van der Waals surface area (Å²) in [6, 6.07) is 0. The summed E-state index contributed by atoms with van der Waals surface area (Å²) in [5, 5.41) is -0.430. The Morgan fingerprint density at radius 3 is 2.80 bits per heavy atom. The number of carbonyl (C=O) groups excluding carboxylic acids is 2. The maximum atomic E-state index is 12.5. The molecule has 1 amide bonds. The van der Waals surface area contributed by atoms with E-state index in [0.29, 0.717) is 0 Å². The van der Waals surface area contributed by atoms with Crippen molar-refractivity contribution in [1.82, 2.24) is 9.80 Å². The molecular weight excluding hydrogens is 300 g/mol. The normalized spacial score (nSPS) is 28.6. The van der Waals surface area contributed by atoms with Gasteiger partial charge in [-0.3, -0.25) is 9.69 Å². The van der Waals surface area contributed by atoms with Crippen molar-refractivity contribution in [3.8, 4) is 0 Å². The largest absolute Gasteiger partial charge is 0.463 e. The number of thioether (sulfide) groups is 1. The van der Waals surface area contributed by atoms with Crippen molar-refractivity contribution >= 4 is 36.0 Å². The van der Waals surface area contributed by atoms with Gasteiger partial charge in [0.2, 0.25) is 0 Å². The first kappa shape index (κ1) is 13.0.